The molecule has 0 aromatic carbocycles. The largest absolute Gasteiger partial charge is 0.464 e. The third-order valence-corrected chi connectivity index (χ3v) is 0.491. The summed E-state index contributed by atoms with van der Waals surface area (Å²) in [7, 11) is 0. The van der Waals surface area contributed by atoms with E-state index in [2.05, 4.69) is 10.5 Å². The van der Waals surface area contributed by atoms with Crippen molar-refractivity contribution in [2.24, 2.45) is 5.73 Å². The lowest BCUT2D eigenvalue weighted by molar-refractivity contribution is -0.267. The first-order valence-electron chi connectivity index (χ1n) is 2.00. The normalized spacial score (nSPS) is 11.7. The Bertz CT molecular complexity index is 136. The van der Waals surface area contributed by atoms with Crippen molar-refractivity contribution in [3.8, 4) is 0 Å². The first-order chi connectivity index (χ1) is 4.36. The van der Waals surface area contributed by atoms with Crippen LogP contribution in [0, 0.1) is 0 Å². The summed E-state index contributed by atoms with van der Waals surface area (Å²) in [4.78, 5) is 9.51. The maximum Gasteiger partial charge on any atom is 0.464 e. The maximum absolute atomic E-state index is 11.5. The molecule has 10 heavy (non-hydrogen) atoms. The van der Waals surface area contributed by atoms with Crippen LogP contribution in [0.3, 0.4) is 0 Å². The number of amides is 1. The maximum atomic E-state index is 11.5. The fraction of sp³-hybridized carbons (Fsp3) is 0.667. The summed E-state index contributed by atoms with van der Waals surface area (Å²) in [5, 5.41) is 0. The van der Waals surface area contributed by atoms with E-state index in [1.807, 2.05) is 0 Å². The minimum atomic E-state index is -4.79. The molecule has 0 saturated heterocycles. The van der Waals surface area contributed by atoms with E-state index in [1.165, 1.54) is 0 Å². The lowest BCUT2D eigenvalue weighted by atomic mass is 10.6. The van der Waals surface area contributed by atoms with Crippen molar-refractivity contribution < 1.29 is 27.1 Å². The van der Waals surface area contributed by atoms with Gasteiger partial charge in [-0.3, -0.25) is 0 Å². The van der Waals surface area contributed by atoms with E-state index >= 15 is 0 Å². The summed E-state index contributed by atoms with van der Waals surface area (Å²) >= 11 is 0. The number of hydrogen-bond acceptors (Lipinski definition) is 2. The van der Waals surface area contributed by atoms with E-state index in [9.17, 15) is 22.4 Å². The van der Waals surface area contributed by atoms with Gasteiger partial charge in [-0.1, -0.05) is 0 Å². The second-order valence-corrected chi connectivity index (χ2v) is 1.28. The average Bonchev–Trinajstić information content (AvgIpc) is 1.60. The first-order valence-corrected chi connectivity index (χ1v) is 2.00. The molecule has 0 spiro atoms. The van der Waals surface area contributed by atoms with Crippen molar-refractivity contribution in [2.45, 2.75) is 12.5 Å². The molecular weight excluding hydrogens is 158 g/mol. The Kier molecular flexibility index (Phi) is 2.44. The molecule has 0 aromatic heterocycles. The fourth-order valence-electron chi connectivity index (χ4n) is 0.179. The molecule has 0 atom stereocenters. The van der Waals surface area contributed by atoms with Crippen LogP contribution < -0.4 is 5.73 Å². The highest BCUT2D eigenvalue weighted by molar-refractivity contribution is 5.64. The van der Waals surface area contributed by atoms with Crippen molar-refractivity contribution in [1.82, 2.24) is 0 Å². The van der Waals surface area contributed by atoms with Gasteiger partial charge in [0.15, 0.2) is 0 Å². The predicted molar refractivity (Wildman–Crippen MR) is 21.6 cm³/mol. The Hall–Kier alpha value is -1.01. The number of alkyl halides is 4. The lowest BCUT2D eigenvalue weighted by Crippen LogP contribution is -2.35. The third kappa shape index (κ3) is 2.51. The van der Waals surface area contributed by atoms with Crippen molar-refractivity contribution in [1.29, 1.82) is 0 Å². The molecule has 0 rings (SSSR count). The van der Waals surface area contributed by atoms with Crippen molar-refractivity contribution >= 4 is 6.09 Å². The second-order valence-electron chi connectivity index (χ2n) is 1.28. The number of hydrogen-bond donors (Lipinski definition) is 1. The monoisotopic (exact) mass is 161 g/mol. The van der Waals surface area contributed by atoms with E-state index in [4.69, 9.17) is 0 Å². The Balaban J connectivity index is 3.99. The van der Waals surface area contributed by atoms with Crippen LogP contribution in [0.5, 0.6) is 0 Å². The molecule has 0 fully saturated rings. The highest BCUT2D eigenvalue weighted by atomic mass is 19.3. The fourth-order valence-corrected chi connectivity index (χ4v) is 0.179. The summed E-state index contributed by atoms with van der Waals surface area (Å²) in [6, 6.07) is 0. The van der Waals surface area contributed by atoms with E-state index in [1.54, 1.807) is 0 Å². The average molecular weight is 161 g/mol. The highest BCUT2D eigenvalue weighted by Gasteiger charge is 2.45. The van der Waals surface area contributed by atoms with E-state index < -0.39 is 18.6 Å². The minimum absolute atomic E-state index is 1.94. The molecule has 2 N–H and O–H groups in total. The standard InChI is InChI=1S/C3H3F4NO2/c4-1(5)3(6,7)10-2(8)9/h1H,(H2,8,9). The van der Waals surface area contributed by atoms with Crippen LogP contribution in [0.2, 0.25) is 0 Å². The molecule has 7 heteroatoms. The summed E-state index contributed by atoms with van der Waals surface area (Å²) in [6.07, 6.45) is -10.8. The van der Waals surface area contributed by atoms with Gasteiger partial charge in [-0.2, -0.15) is 17.6 Å². The molecular formula is C3H3F4NO2. The van der Waals surface area contributed by atoms with Crippen LogP contribution in [-0.2, 0) is 4.74 Å². The third-order valence-electron chi connectivity index (χ3n) is 0.491. The summed E-state index contributed by atoms with van der Waals surface area (Å²) in [6.45, 7) is 0. The molecule has 0 unspecified atom stereocenters. The zero-order valence-electron chi connectivity index (χ0n) is 4.48. The first kappa shape index (κ1) is 8.99. The van der Waals surface area contributed by atoms with Gasteiger partial charge in [0.05, 0.1) is 0 Å². The van der Waals surface area contributed by atoms with Crippen molar-refractivity contribution in [2.75, 3.05) is 0 Å². The SMILES string of the molecule is NC(=O)OC(F)(F)C(F)F. The molecule has 0 aliphatic rings. The molecule has 0 bridgehead atoms. The lowest BCUT2D eigenvalue weighted by Gasteiger charge is -2.12. The van der Waals surface area contributed by atoms with Gasteiger partial charge in [-0.05, 0) is 0 Å². The number of primary amides is 1. The number of rotatable bonds is 2. The Morgan fingerprint density at radius 3 is 2.00 bits per heavy atom. The van der Waals surface area contributed by atoms with Gasteiger partial charge in [-0.15, -0.1) is 0 Å². The molecule has 0 aliphatic heterocycles. The summed E-state index contributed by atoms with van der Waals surface area (Å²) < 4.78 is 48.0. The quantitative estimate of drug-likeness (QED) is 0.612. The molecule has 0 saturated carbocycles. The Morgan fingerprint density at radius 2 is 1.90 bits per heavy atom. The molecule has 0 heterocycles. The number of carbonyl (C=O) groups is 1. The molecule has 0 aromatic rings. The zero-order chi connectivity index (χ0) is 8.36. The van der Waals surface area contributed by atoms with Crippen LogP contribution in [0.25, 0.3) is 0 Å². The van der Waals surface area contributed by atoms with Crippen molar-refractivity contribution in [3.05, 3.63) is 0 Å². The topological polar surface area (TPSA) is 52.3 Å². The van der Waals surface area contributed by atoms with Crippen LogP contribution in [0.1, 0.15) is 0 Å². The molecule has 3 nitrogen and oxygen atoms in total. The Labute approximate surface area is 52.7 Å². The molecule has 1 amide bonds. The Morgan fingerprint density at radius 1 is 1.50 bits per heavy atom. The molecule has 0 radical (unpaired) electrons. The number of halogens is 4. The minimum Gasteiger partial charge on any atom is -0.380 e. The molecule has 60 valence electrons. The zero-order valence-corrected chi connectivity index (χ0v) is 4.48. The van der Waals surface area contributed by atoms with Gasteiger partial charge in [0.2, 0.25) is 0 Å². The number of carbonyl (C=O) groups excluding carboxylic acids is 1. The van der Waals surface area contributed by atoms with E-state index in [0.29, 0.717) is 0 Å². The van der Waals surface area contributed by atoms with Gasteiger partial charge in [0, 0.05) is 0 Å². The smallest absolute Gasteiger partial charge is 0.380 e. The summed E-state index contributed by atoms with van der Waals surface area (Å²) in [5.74, 6) is 0. The van der Waals surface area contributed by atoms with E-state index in [0.717, 1.165) is 0 Å². The number of ether oxygens (including phenoxy) is 1. The van der Waals surface area contributed by atoms with Crippen LogP contribution in [0.15, 0.2) is 0 Å². The summed E-state index contributed by atoms with van der Waals surface area (Å²) in [5.41, 5.74) is 4.04. The predicted octanol–water partition coefficient (Wildman–Crippen LogP) is 0.940. The van der Waals surface area contributed by atoms with Gasteiger partial charge in [-0.25, -0.2) is 4.79 Å². The second kappa shape index (κ2) is 2.72. The van der Waals surface area contributed by atoms with Crippen LogP contribution >= 0.6 is 0 Å². The van der Waals surface area contributed by atoms with Gasteiger partial charge in [0.25, 0.3) is 0 Å². The van der Waals surface area contributed by atoms with E-state index in [-0.39, 0.29) is 0 Å². The highest BCUT2D eigenvalue weighted by Crippen LogP contribution is 2.23. The van der Waals surface area contributed by atoms with Gasteiger partial charge < -0.3 is 10.5 Å². The molecule has 0 aliphatic carbocycles. The van der Waals surface area contributed by atoms with Gasteiger partial charge in [0.1, 0.15) is 0 Å². The van der Waals surface area contributed by atoms with Gasteiger partial charge >= 0.3 is 18.6 Å². The van der Waals surface area contributed by atoms with Crippen LogP contribution in [0.4, 0.5) is 22.4 Å². The number of nitrogens with two attached hydrogens (primary N) is 1. The van der Waals surface area contributed by atoms with Crippen molar-refractivity contribution in [3.63, 3.8) is 0 Å². The van der Waals surface area contributed by atoms with Crippen LogP contribution in [-0.4, -0.2) is 18.6 Å².